The van der Waals surface area contributed by atoms with Crippen molar-refractivity contribution in [3.8, 4) is 0 Å². The van der Waals surface area contributed by atoms with Gasteiger partial charge < -0.3 is 24.6 Å². The maximum atomic E-state index is 11.2. The Labute approximate surface area is 217 Å². The van der Waals surface area contributed by atoms with Gasteiger partial charge in [0.05, 0.1) is 19.3 Å². The van der Waals surface area contributed by atoms with E-state index in [1.165, 1.54) is 44.9 Å². The van der Waals surface area contributed by atoms with Gasteiger partial charge in [-0.05, 0) is 57.3 Å². The molecule has 0 aromatic carbocycles. The lowest BCUT2D eigenvalue weighted by Gasteiger charge is -2.35. The van der Waals surface area contributed by atoms with Gasteiger partial charge in [-0.25, -0.2) is 14.8 Å². The molecule has 2 aromatic rings. The van der Waals surface area contributed by atoms with E-state index in [0.29, 0.717) is 36.5 Å². The third kappa shape index (κ3) is 5.51. The molecule has 0 spiro atoms. The van der Waals surface area contributed by atoms with Crippen molar-refractivity contribution in [2.75, 3.05) is 30.0 Å². The van der Waals surface area contributed by atoms with Gasteiger partial charge in [0, 0.05) is 19.1 Å². The molecule has 4 N–H and O–H groups in total. The first-order chi connectivity index (χ1) is 17.8. The molecule has 0 radical (unpaired) electrons. The third-order valence-corrected chi connectivity index (χ3v) is 8.46. The van der Waals surface area contributed by atoms with Crippen molar-refractivity contribution in [2.24, 2.45) is 17.8 Å². The molecule has 1 saturated heterocycles. The van der Waals surface area contributed by atoms with Gasteiger partial charge in [0.15, 0.2) is 23.1 Å². The van der Waals surface area contributed by atoms with E-state index in [1.807, 2.05) is 0 Å². The highest BCUT2D eigenvalue weighted by atomic mass is 16.5. The van der Waals surface area contributed by atoms with Crippen LogP contribution in [0.1, 0.15) is 71.5 Å². The van der Waals surface area contributed by atoms with Crippen LogP contribution in [0, 0.1) is 23.2 Å². The van der Waals surface area contributed by atoms with Crippen LogP contribution >= 0.6 is 0 Å². The van der Waals surface area contributed by atoms with E-state index in [4.69, 9.17) is 20.1 Å². The lowest BCUT2D eigenvalue weighted by atomic mass is 9.80. The lowest BCUT2D eigenvalue weighted by molar-refractivity contribution is 0.0976. The highest BCUT2D eigenvalue weighted by Gasteiger charge is 2.31. The number of nitrogens with zero attached hydrogens (tertiary/aromatic N) is 5. The zero-order chi connectivity index (χ0) is 26.1. The summed E-state index contributed by atoms with van der Waals surface area (Å²) in [6.07, 6.45) is 7.14. The highest BCUT2D eigenvalue weighted by molar-refractivity contribution is 6.03. The molecule has 2 atom stereocenters. The zero-order valence-electron chi connectivity index (χ0n) is 22.2. The van der Waals surface area contributed by atoms with Gasteiger partial charge in [-0.3, -0.25) is 10.7 Å². The zero-order valence-corrected chi connectivity index (χ0v) is 22.2. The molecule has 2 aromatic heterocycles. The summed E-state index contributed by atoms with van der Waals surface area (Å²) >= 11 is 0. The molecule has 1 aliphatic heterocycles. The third-order valence-electron chi connectivity index (χ3n) is 8.46. The lowest BCUT2D eigenvalue weighted by Crippen LogP contribution is -2.45. The molecule has 3 heterocycles. The molecular formula is C26H40N8O3. The number of aromatic nitrogens is 4. The Balaban J connectivity index is 1.61. The molecule has 3 fully saturated rings. The van der Waals surface area contributed by atoms with Crippen LogP contribution in [0.3, 0.4) is 0 Å². The van der Waals surface area contributed by atoms with Crippen molar-refractivity contribution in [2.45, 2.75) is 84.3 Å². The second-order valence-corrected chi connectivity index (χ2v) is 11.3. The number of carboxylic acid groups (broad SMARTS) is 1. The van der Waals surface area contributed by atoms with E-state index >= 15 is 0 Å². The Morgan fingerprint density at radius 3 is 2.57 bits per heavy atom. The topological polar surface area (TPSA) is 141 Å². The monoisotopic (exact) mass is 512 g/mol. The van der Waals surface area contributed by atoms with Crippen molar-refractivity contribution in [3.05, 3.63) is 5.82 Å². The van der Waals surface area contributed by atoms with Crippen LogP contribution in [-0.4, -0.2) is 68.4 Å². The van der Waals surface area contributed by atoms with Gasteiger partial charge in [0.25, 0.3) is 0 Å². The number of hydrogen-bond acceptors (Lipinski definition) is 8. The SMILES string of the molecule is CC1CCC(Cn2c(N3CCOC[C@H]3C)nc3nc(C(=N)NC(=O)O)nc(N[C@H](C)C4CCC4)c32)CC1. The van der Waals surface area contributed by atoms with E-state index in [-0.39, 0.29) is 23.7 Å². The number of hydrogen-bond donors (Lipinski definition) is 4. The molecule has 2 aliphatic carbocycles. The standard InChI is InChI=1S/C26H40N8O3/c1-15-7-9-18(10-8-15)13-34-20-22(28-17(3)19-5-4-6-19)30-24(21(27)29-26(35)36)31-23(20)32-25(34)33-11-12-37-14-16(33)2/h15-19H,4-14H2,1-3H3,(H2,27,29)(H,35,36)(H,28,30,31)/t15?,16-,17-,18?/m1/s1. The summed E-state index contributed by atoms with van der Waals surface area (Å²) in [6.45, 7) is 9.51. The fourth-order valence-electron chi connectivity index (χ4n) is 5.86. The minimum atomic E-state index is -1.31. The van der Waals surface area contributed by atoms with Crippen molar-refractivity contribution < 1.29 is 14.6 Å². The van der Waals surface area contributed by atoms with Crippen LogP contribution < -0.4 is 15.5 Å². The van der Waals surface area contributed by atoms with Crippen molar-refractivity contribution in [1.29, 1.82) is 5.41 Å². The van der Waals surface area contributed by atoms with Crippen LogP contribution in [0.4, 0.5) is 16.6 Å². The molecule has 202 valence electrons. The van der Waals surface area contributed by atoms with Crippen molar-refractivity contribution >= 4 is 34.9 Å². The summed E-state index contributed by atoms with van der Waals surface area (Å²) in [6, 6.07) is 0.367. The first-order valence-corrected chi connectivity index (χ1v) is 13.8. The minimum Gasteiger partial charge on any atom is -0.465 e. The number of amidine groups is 1. The molecular weight excluding hydrogens is 472 g/mol. The minimum absolute atomic E-state index is 0.0240. The van der Waals surface area contributed by atoms with Gasteiger partial charge in [0.1, 0.15) is 5.52 Å². The molecule has 2 saturated carbocycles. The predicted octanol–water partition coefficient (Wildman–Crippen LogP) is 4.07. The molecule has 37 heavy (non-hydrogen) atoms. The summed E-state index contributed by atoms with van der Waals surface area (Å²) in [5, 5.41) is 23.1. The largest absolute Gasteiger partial charge is 0.465 e. The summed E-state index contributed by atoms with van der Waals surface area (Å²) < 4.78 is 7.99. The summed E-state index contributed by atoms with van der Waals surface area (Å²) in [5.41, 5.74) is 1.33. The van der Waals surface area contributed by atoms with E-state index < -0.39 is 6.09 Å². The number of fused-ring (bicyclic) bond motifs is 1. The number of nitrogens with one attached hydrogen (secondary N) is 3. The molecule has 5 rings (SSSR count). The summed E-state index contributed by atoms with van der Waals surface area (Å²) in [4.78, 5) is 27.8. The Kier molecular flexibility index (Phi) is 7.50. The smallest absolute Gasteiger partial charge is 0.410 e. The van der Waals surface area contributed by atoms with E-state index in [2.05, 4.69) is 45.9 Å². The molecule has 3 aliphatic rings. The van der Waals surface area contributed by atoms with Crippen LogP contribution in [0.15, 0.2) is 0 Å². The average molecular weight is 513 g/mol. The van der Waals surface area contributed by atoms with Gasteiger partial charge in [0.2, 0.25) is 5.95 Å². The van der Waals surface area contributed by atoms with Crippen LogP contribution in [0.25, 0.3) is 11.2 Å². The van der Waals surface area contributed by atoms with E-state index in [1.54, 1.807) is 0 Å². The second-order valence-electron chi connectivity index (χ2n) is 11.3. The molecule has 0 bridgehead atoms. The predicted molar refractivity (Wildman–Crippen MR) is 142 cm³/mol. The first-order valence-electron chi connectivity index (χ1n) is 13.8. The van der Waals surface area contributed by atoms with Crippen LogP contribution in [0.5, 0.6) is 0 Å². The van der Waals surface area contributed by atoms with Gasteiger partial charge in [-0.2, -0.15) is 4.98 Å². The maximum absolute atomic E-state index is 11.2. The summed E-state index contributed by atoms with van der Waals surface area (Å²) in [5.74, 6) is 3.04. The maximum Gasteiger partial charge on any atom is 0.410 e. The van der Waals surface area contributed by atoms with E-state index in [0.717, 1.165) is 30.5 Å². The van der Waals surface area contributed by atoms with Crippen LogP contribution in [0.2, 0.25) is 0 Å². The average Bonchev–Trinajstić information content (AvgIpc) is 3.17. The fourth-order valence-corrected chi connectivity index (χ4v) is 5.86. The Bertz CT molecular complexity index is 1140. The number of anilines is 2. The number of imidazole rings is 1. The quantitative estimate of drug-likeness (QED) is 0.321. The number of ether oxygens (including phenoxy) is 1. The summed E-state index contributed by atoms with van der Waals surface area (Å²) in [7, 11) is 0. The highest BCUT2D eigenvalue weighted by Crippen LogP contribution is 2.36. The van der Waals surface area contributed by atoms with Crippen molar-refractivity contribution in [3.63, 3.8) is 0 Å². The molecule has 0 unspecified atom stereocenters. The molecule has 1 amide bonds. The first kappa shape index (κ1) is 25.7. The van der Waals surface area contributed by atoms with Crippen LogP contribution in [-0.2, 0) is 11.3 Å². The van der Waals surface area contributed by atoms with Gasteiger partial charge >= 0.3 is 6.09 Å². The van der Waals surface area contributed by atoms with Gasteiger partial charge in [-0.15, -0.1) is 0 Å². The Hall–Kier alpha value is -2.95. The fraction of sp³-hybridized carbons (Fsp3) is 0.731. The number of rotatable bonds is 7. The normalized spacial score (nSPS) is 25.5. The Morgan fingerprint density at radius 2 is 1.92 bits per heavy atom. The molecule has 11 heteroatoms. The van der Waals surface area contributed by atoms with Gasteiger partial charge in [-0.1, -0.05) is 26.2 Å². The number of carbonyl (C=O) groups is 1. The number of morpholine rings is 1. The Morgan fingerprint density at radius 1 is 1.16 bits per heavy atom. The van der Waals surface area contributed by atoms with E-state index in [9.17, 15) is 9.90 Å². The second kappa shape index (κ2) is 10.8. The molecule has 11 nitrogen and oxygen atoms in total. The number of amides is 1. The van der Waals surface area contributed by atoms with Crippen molar-refractivity contribution in [1.82, 2.24) is 24.8 Å².